The molecule has 0 radical (unpaired) electrons. The lowest BCUT2D eigenvalue weighted by Crippen LogP contribution is -2.50. The van der Waals surface area contributed by atoms with E-state index in [1.807, 2.05) is 24.3 Å². The number of carbonyl (C=O) groups excluding carboxylic acids is 3. The topological polar surface area (TPSA) is 79.0 Å². The second-order valence-corrected chi connectivity index (χ2v) is 9.41. The van der Waals surface area contributed by atoms with E-state index < -0.39 is 0 Å². The summed E-state index contributed by atoms with van der Waals surface area (Å²) in [4.78, 5) is 48.2. The SMILES string of the molecule is CN1C[N+](C)(C)Cc2cc3c4c(cccc4c21)C(=O)N(CCCCCC(=O)ONS)C3=O. The number of nitrogens with zero attached hydrogens (tertiary/aromatic N) is 3. The number of imide groups is 1. The average Bonchev–Trinajstić information content (AvgIpc) is 2.72. The zero-order valence-electron chi connectivity index (χ0n) is 18.7. The molecule has 0 atom stereocenters. The number of quaternary nitrogens is 1. The first-order chi connectivity index (χ1) is 15.2. The lowest BCUT2D eigenvalue weighted by molar-refractivity contribution is -0.904. The van der Waals surface area contributed by atoms with Gasteiger partial charge < -0.3 is 14.2 Å². The summed E-state index contributed by atoms with van der Waals surface area (Å²) in [6.07, 6.45) is 2.20. The molecule has 0 saturated heterocycles. The van der Waals surface area contributed by atoms with Gasteiger partial charge >= 0.3 is 5.97 Å². The van der Waals surface area contributed by atoms with E-state index in [0.29, 0.717) is 36.9 Å². The fraction of sp³-hybridized carbons (Fsp3) is 0.435. The first kappa shape index (κ1) is 22.6. The van der Waals surface area contributed by atoms with Crippen LogP contribution in [0.5, 0.6) is 0 Å². The maximum Gasteiger partial charge on any atom is 0.325 e. The van der Waals surface area contributed by atoms with Crippen LogP contribution in [0.3, 0.4) is 0 Å². The molecular weight excluding hydrogens is 428 g/mol. The summed E-state index contributed by atoms with van der Waals surface area (Å²) in [5.74, 6) is -0.873. The van der Waals surface area contributed by atoms with E-state index in [1.54, 1.807) is 0 Å². The van der Waals surface area contributed by atoms with E-state index in [4.69, 9.17) is 0 Å². The highest BCUT2D eigenvalue weighted by molar-refractivity contribution is 7.77. The lowest BCUT2D eigenvalue weighted by atomic mass is 9.89. The highest BCUT2D eigenvalue weighted by Crippen LogP contribution is 2.41. The lowest BCUT2D eigenvalue weighted by Gasteiger charge is -2.41. The molecule has 0 bridgehead atoms. The Kier molecular flexibility index (Phi) is 6.15. The summed E-state index contributed by atoms with van der Waals surface area (Å²) < 4.78 is 0.802. The minimum absolute atomic E-state index is 0.237. The molecule has 170 valence electrons. The van der Waals surface area contributed by atoms with Crippen molar-refractivity contribution in [3.63, 3.8) is 0 Å². The summed E-state index contributed by atoms with van der Waals surface area (Å²) in [7, 11) is 6.41. The van der Waals surface area contributed by atoms with E-state index >= 15 is 0 Å². The zero-order valence-corrected chi connectivity index (χ0v) is 19.6. The Hall–Kier alpha value is -2.62. The first-order valence-electron chi connectivity index (χ1n) is 10.8. The molecule has 0 aromatic heterocycles. The third-order valence-electron chi connectivity index (χ3n) is 6.16. The molecule has 0 unspecified atom stereocenters. The quantitative estimate of drug-likeness (QED) is 0.219. The van der Waals surface area contributed by atoms with Gasteiger partial charge in [-0.25, -0.2) is 0 Å². The van der Waals surface area contributed by atoms with Crippen LogP contribution in [0.1, 0.15) is 52.0 Å². The van der Waals surface area contributed by atoms with Crippen molar-refractivity contribution in [3.8, 4) is 0 Å². The van der Waals surface area contributed by atoms with Crippen LogP contribution in [0.2, 0.25) is 0 Å². The normalized spacial score (nSPS) is 17.0. The molecule has 0 fully saturated rings. The first-order valence-corrected chi connectivity index (χ1v) is 11.2. The molecule has 2 heterocycles. The highest BCUT2D eigenvalue weighted by Gasteiger charge is 2.37. The van der Waals surface area contributed by atoms with Crippen molar-refractivity contribution in [3.05, 3.63) is 41.0 Å². The third kappa shape index (κ3) is 4.07. The number of carbonyl (C=O) groups is 3. The number of amides is 2. The number of rotatable bonds is 7. The maximum atomic E-state index is 13.4. The third-order valence-corrected chi connectivity index (χ3v) is 6.25. The molecule has 4 rings (SSSR count). The van der Waals surface area contributed by atoms with Gasteiger partial charge in [0, 0.05) is 47.5 Å². The van der Waals surface area contributed by atoms with E-state index in [1.165, 1.54) is 4.90 Å². The number of thiol groups is 1. The summed E-state index contributed by atoms with van der Waals surface area (Å²) in [5, 5.41) is 1.73. The molecule has 2 amide bonds. The molecule has 0 spiro atoms. The Labute approximate surface area is 193 Å². The smallest absolute Gasteiger partial charge is 0.325 e. The molecule has 2 aromatic carbocycles. The van der Waals surface area contributed by atoms with Crippen LogP contribution in [0.4, 0.5) is 5.69 Å². The van der Waals surface area contributed by atoms with Crippen LogP contribution >= 0.6 is 12.8 Å². The maximum absolute atomic E-state index is 13.4. The fourth-order valence-electron chi connectivity index (χ4n) is 5.01. The Balaban J connectivity index is 1.60. The largest absolute Gasteiger partial charge is 0.360 e. The van der Waals surface area contributed by atoms with Gasteiger partial charge in [-0.05, 0) is 25.0 Å². The van der Waals surface area contributed by atoms with Gasteiger partial charge in [0.2, 0.25) is 0 Å². The standard InChI is InChI=1S/C23H29N4O4S/c1-25-14-27(2,3)13-15-12-18-20-16(21(15)25)8-7-9-17(20)22(29)26(23(18)30)11-6-4-5-10-19(28)31-24-32/h7-9,12,24,32H,4-6,10-11,13-14H2,1-3H3/q+1. The van der Waals surface area contributed by atoms with E-state index in [-0.39, 0.29) is 24.2 Å². The van der Waals surface area contributed by atoms with E-state index in [2.05, 4.69) is 48.6 Å². The van der Waals surface area contributed by atoms with Crippen LogP contribution in [0.25, 0.3) is 10.8 Å². The molecule has 9 heteroatoms. The number of unbranched alkanes of at least 4 members (excludes halogenated alkanes) is 2. The predicted molar refractivity (Wildman–Crippen MR) is 125 cm³/mol. The van der Waals surface area contributed by atoms with E-state index in [9.17, 15) is 14.4 Å². The minimum Gasteiger partial charge on any atom is -0.360 e. The Morgan fingerprint density at radius 3 is 2.66 bits per heavy atom. The monoisotopic (exact) mass is 457 g/mol. The zero-order chi connectivity index (χ0) is 23.0. The van der Waals surface area contributed by atoms with Crippen LogP contribution in [0, 0.1) is 0 Å². The van der Waals surface area contributed by atoms with Gasteiger partial charge in [-0.1, -0.05) is 36.3 Å². The Morgan fingerprint density at radius 2 is 1.91 bits per heavy atom. The van der Waals surface area contributed by atoms with Gasteiger partial charge in [0.1, 0.15) is 6.54 Å². The molecule has 32 heavy (non-hydrogen) atoms. The van der Waals surface area contributed by atoms with Crippen molar-refractivity contribution >= 4 is 47.1 Å². The number of anilines is 1. The Bertz CT molecular complexity index is 1100. The average molecular weight is 458 g/mol. The highest BCUT2D eigenvalue weighted by atomic mass is 32.1. The molecule has 2 aromatic rings. The number of benzene rings is 2. The van der Waals surface area contributed by atoms with Crippen molar-refractivity contribution in [2.75, 3.05) is 39.3 Å². The summed E-state index contributed by atoms with van der Waals surface area (Å²) in [6, 6.07) is 7.71. The van der Waals surface area contributed by atoms with Crippen molar-refractivity contribution in [2.45, 2.75) is 32.2 Å². The van der Waals surface area contributed by atoms with E-state index in [0.717, 1.165) is 39.7 Å². The van der Waals surface area contributed by atoms with Gasteiger partial charge in [-0.3, -0.25) is 19.3 Å². The molecule has 8 nitrogen and oxygen atoms in total. The number of hydrogen-bond donors (Lipinski definition) is 2. The molecule has 2 aliphatic rings. The van der Waals surface area contributed by atoms with Gasteiger partial charge in [-0.15, -0.1) is 0 Å². The second kappa shape index (κ2) is 8.73. The summed E-state index contributed by atoms with van der Waals surface area (Å²) >= 11 is 3.62. The van der Waals surface area contributed by atoms with Gasteiger partial charge in [0.15, 0.2) is 6.67 Å². The van der Waals surface area contributed by atoms with Crippen molar-refractivity contribution in [1.82, 2.24) is 9.79 Å². The molecular formula is C23H29N4O4S+. The molecule has 2 aliphatic heterocycles. The second-order valence-electron chi connectivity index (χ2n) is 9.23. The summed E-state index contributed by atoms with van der Waals surface area (Å²) in [6.45, 7) is 2.01. The van der Waals surface area contributed by atoms with Gasteiger partial charge in [-0.2, -0.15) is 0 Å². The molecule has 1 N–H and O–H groups in total. The number of hydrogen-bond acceptors (Lipinski definition) is 7. The molecule has 0 saturated carbocycles. The van der Waals surface area contributed by atoms with Crippen molar-refractivity contribution < 1.29 is 23.7 Å². The van der Waals surface area contributed by atoms with Crippen LogP contribution in [-0.4, -0.2) is 61.5 Å². The Morgan fingerprint density at radius 1 is 1.16 bits per heavy atom. The van der Waals surface area contributed by atoms with Crippen LogP contribution in [0.15, 0.2) is 24.3 Å². The summed E-state index contributed by atoms with van der Waals surface area (Å²) in [5.41, 5.74) is 3.42. The number of nitrogens with one attached hydrogen (secondary N) is 1. The van der Waals surface area contributed by atoms with Gasteiger partial charge in [0.05, 0.1) is 19.8 Å². The van der Waals surface area contributed by atoms with Gasteiger partial charge in [0.25, 0.3) is 11.8 Å². The van der Waals surface area contributed by atoms with Crippen LogP contribution in [-0.2, 0) is 16.2 Å². The van der Waals surface area contributed by atoms with Crippen LogP contribution < -0.4 is 9.79 Å². The minimum atomic E-state index is -0.387. The number of fused-ring (bicyclic) bond motifs is 2. The van der Waals surface area contributed by atoms with Crippen molar-refractivity contribution in [1.29, 1.82) is 0 Å². The van der Waals surface area contributed by atoms with Crippen molar-refractivity contribution in [2.24, 2.45) is 0 Å². The molecule has 0 aliphatic carbocycles. The fourth-order valence-corrected chi connectivity index (χ4v) is 5.11. The predicted octanol–water partition coefficient (Wildman–Crippen LogP) is 2.87.